The number of hydrazine groups is 1. The summed E-state index contributed by atoms with van der Waals surface area (Å²) >= 11 is 0. The lowest BCUT2D eigenvalue weighted by Gasteiger charge is -2.09. The third-order valence-electron chi connectivity index (χ3n) is 3.37. The second-order valence-electron chi connectivity index (χ2n) is 4.93. The Morgan fingerprint density at radius 1 is 1.12 bits per heavy atom. The topological polar surface area (TPSA) is 84.4 Å². The summed E-state index contributed by atoms with van der Waals surface area (Å²) in [6.07, 6.45) is -2.77. The molecule has 0 unspecified atom stereocenters. The number of nitrogens with two attached hydrogens (primary N) is 1. The maximum absolute atomic E-state index is 12.6. The Morgan fingerprint density at radius 3 is 2.46 bits per heavy atom. The smallest absolute Gasteiger partial charge is 0.338 e. The maximum Gasteiger partial charge on any atom is 0.416 e. The van der Waals surface area contributed by atoms with Gasteiger partial charge in [-0.3, -0.25) is 10.2 Å². The van der Waals surface area contributed by atoms with Crippen LogP contribution in [0.2, 0.25) is 0 Å². The van der Waals surface area contributed by atoms with E-state index in [-0.39, 0.29) is 11.4 Å². The number of nitrogen functional groups attached to an aromatic ring is 1. The zero-order valence-electron chi connectivity index (χ0n) is 12.1. The fourth-order valence-electron chi connectivity index (χ4n) is 2.26. The van der Waals surface area contributed by atoms with Gasteiger partial charge in [0, 0.05) is 11.9 Å². The van der Waals surface area contributed by atoms with Gasteiger partial charge >= 0.3 is 6.18 Å². The van der Waals surface area contributed by atoms with Crippen molar-refractivity contribution in [3.05, 3.63) is 59.8 Å². The monoisotopic (exact) mass is 335 g/mol. The molecule has 3 aromatic rings. The lowest BCUT2D eigenvalue weighted by Crippen LogP contribution is -2.30. The van der Waals surface area contributed by atoms with Crippen molar-refractivity contribution in [2.24, 2.45) is 5.84 Å². The van der Waals surface area contributed by atoms with Crippen LogP contribution in [0.15, 0.2) is 48.7 Å². The first-order valence-corrected chi connectivity index (χ1v) is 6.83. The second-order valence-corrected chi connectivity index (χ2v) is 4.93. The molecule has 24 heavy (non-hydrogen) atoms. The average molecular weight is 335 g/mol. The van der Waals surface area contributed by atoms with Crippen molar-refractivity contribution in [2.45, 2.75) is 6.18 Å². The fourth-order valence-corrected chi connectivity index (χ4v) is 2.26. The summed E-state index contributed by atoms with van der Waals surface area (Å²) in [7, 11) is 0. The molecule has 3 rings (SSSR count). The number of alkyl halides is 3. The molecule has 1 aromatic carbocycles. The van der Waals surface area contributed by atoms with Crippen molar-refractivity contribution < 1.29 is 18.0 Å². The number of fused-ring (bicyclic) bond motifs is 1. The highest BCUT2D eigenvalue weighted by Gasteiger charge is 2.30. The Bertz CT molecular complexity index is 886. The first-order chi connectivity index (χ1) is 11.4. The Morgan fingerprint density at radius 2 is 1.83 bits per heavy atom. The van der Waals surface area contributed by atoms with Crippen LogP contribution in [0.5, 0.6) is 0 Å². The Labute approximate surface area is 134 Å². The molecule has 0 aliphatic heterocycles. The summed E-state index contributed by atoms with van der Waals surface area (Å²) in [5.74, 6) is 4.81. The van der Waals surface area contributed by atoms with Gasteiger partial charge in [-0.05, 0) is 36.4 Å². The van der Waals surface area contributed by atoms with Crippen LogP contribution < -0.4 is 16.6 Å². The number of aromatic nitrogens is 2. The molecule has 9 heteroatoms. The van der Waals surface area contributed by atoms with E-state index in [1.54, 1.807) is 24.4 Å². The lowest BCUT2D eigenvalue weighted by atomic mass is 10.2. The normalized spacial score (nSPS) is 11.5. The van der Waals surface area contributed by atoms with Gasteiger partial charge in [-0.2, -0.15) is 13.2 Å². The SMILES string of the molecule is NNC(=O)c1c(Nc2ccc(C(F)(F)F)cc2)nn2ccccc12. The molecule has 0 fully saturated rings. The van der Waals surface area contributed by atoms with E-state index >= 15 is 0 Å². The maximum atomic E-state index is 12.6. The first kappa shape index (κ1) is 15.8. The van der Waals surface area contributed by atoms with E-state index in [1.807, 2.05) is 5.43 Å². The van der Waals surface area contributed by atoms with Gasteiger partial charge in [-0.25, -0.2) is 10.4 Å². The van der Waals surface area contributed by atoms with Crippen molar-refractivity contribution in [1.82, 2.24) is 15.0 Å². The van der Waals surface area contributed by atoms with E-state index < -0.39 is 17.6 Å². The van der Waals surface area contributed by atoms with E-state index in [4.69, 9.17) is 5.84 Å². The van der Waals surface area contributed by atoms with Gasteiger partial charge < -0.3 is 5.32 Å². The van der Waals surface area contributed by atoms with Gasteiger partial charge in [-0.15, -0.1) is 5.10 Å². The van der Waals surface area contributed by atoms with Crippen LogP contribution in [-0.4, -0.2) is 15.5 Å². The van der Waals surface area contributed by atoms with Crippen LogP contribution in [-0.2, 0) is 6.18 Å². The number of hydrogen-bond donors (Lipinski definition) is 3. The lowest BCUT2D eigenvalue weighted by molar-refractivity contribution is -0.137. The zero-order chi connectivity index (χ0) is 17.3. The van der Waals surface area contributed by atoms with Crippen LogP contribution in [0, 0.1) is 0 Å². The average Bonchev–Trinajstić information content (AvgIpc) is 2.91. The molecular formula is C15H12F3N5O. The zero-order valence-corrected chi connectivity index (χ0v) is 12.1. The summed E-state index contributed by atoms with van der Waals surface area (Å²) < 4.78 is 39.3. The first-order valence-electron chi connectivity index (χ1n) is 6.83. The minimum absolute atomic E-state index is 0.184. The number of rotatable bonds is 3. The highest BCUT2D eigenvalue weighted by Crippen LogP contribution is 2.31. The number of nitrogens with zero attached hydrogens (tertiary/aromatic N) is 2. The van der Waals surface area contributed by atoms with Gasteiger partial charge in [-0.1, -0.05) is 6.07 Å². The minimum atomic E-state index is -4.41. The molecule has 0 atom stereocenters. The van der Waals surface area contributed by atoms with E-state index in [1.165, 1.54) is 16.6 Å². The number of amides is 1. The Kier molecular flexibility index (Phi) is 3.86. The van der Waals surface area contributed by atoms with E-state index in [2.05, 4.69) is 10.4 Å². The van der Waals surface area contributed by atoms with Crippen LogP contribution in [0.4, 0.5) is 24.7 Å². The second kappa shape index (κ2) is 5.85. The third kappa shape index (κ3) is 2.88. The summed E-state index contributed by atoms with van der Waals surface area (Å²) in [6, 6.07) is 9.54. The predicted molar refractivity (Wildman–Crippen MR) is 81.6 cm³/mol. The highest BCUT2D eigenvalue weighted by atomic mass is 19.4. The molecule has 0 saturated carbocycles. The van der Waals surface area contributed by atoms with Gasteiger partial charge in [0.1, 0.15) is 5.56 Å². The predicted octanol–water partition coefficient (Wildman–Crippen LogP) is 2.70. The molecule has 0 bridgehead atoms. The molecule has 0 saturated heterocycles. The number of benzene rings is 1. The van der Waals surface area contributed by atoms with Crippen molar-refractivity contribution in [3.63, 3.8) is 0 Å². The summed E-state index contributed by atoms with van der Waals surface area (Å²) in [5, 5.41) is 7.06. The molecule has 0 radical (unpaired) electrons. The van der Waals surface area contributed by atoms with E-state index in [9.17, 15) is 18.0 Å². The standard InChI is InChI=1S/C15H12F3N5O/c16-15(17,18)9-4-6-10(7-5-9)20-13-12(14(24)21-19)11-3-1-2-8-23(11)22-13/h1-8H,19H2,(H,20,22)(H,21,24). The fraction of sp³-hybridized carbons (Fsp3) is 0.0667. The van der Waals surface area contributed by atoms with Gasteiger partial charge in [0.2, 0.25) is 0 Å². The molecule has 0 spiro atoms. The molecule has 2 aromatic heterocycles. The van der Waals surface area contributed by atoms with E-state index in [0.717, 1.165) is 12.1 Å². The number of nitrogens with one attached hydrogen (secondary N) is 2. The number of carbonyl (C=O) groups excluding carboxylic acids is 1. The van der Waals surface area contributed by atoms with Gasteiger partial charge in [0.25, 0.3) is 5.91 Å². The number of anilines is 2. The number of halogens is 3. The molecule has 1 amide bonds. The van der Waals surface area contributed by atoms with Crippen molar-refractivity contribution in [3.8, 4) is 0 Å². The van der Waals surface area contributed by atoms with Gasteiger partial charge in [0.05, 0.1) is 11.1 Å². The van der Waals surface area contributed by atoms with Crippen molar-refractivity contribution in [1.29, 1.82) is 0 Å². The molecule has 0 aliphatic rings. The third-order valence-corrected chi connectivity index (χ3v) is 3.37. The number of hydrogen-bond acceptors (Lipinski definition) is 4. The van der Waals surface area contributed by atoms with Crippen LogP contribution >= 0.6 is 0 Å². The largest absolute Gasteiger partial charge is 0.416 e. The number of carbonyl (C=O) groups is 1. The molecule has 6 nitrogen and oxygen atoms in total. The summed E-state index contributed by atoms with van der Waals surface area (Å²) in [6.45, 7) is 0. The van der Waals surface area contributed by atoms with Crippen molar-refractivity contribution in [2.75, 3.05) is 5.32 Å². The summed E-state index contributed by atoms with van der Waals surface area (Å²) in [5.41, 5.74) is 2.33. The molecular weight excluding hydrogens is 323 g/mol. The molecule has 4 N–H and O–H groups in total. The molecule has 124 valence electrons. The highest BCUT2D eigenvalue weighted by molar-refractivity contribution is 6.05. The Hall–Kier alpha value is -3.07. The number of pyridine rings is 1. The van der Waals surface area contributed by atoms with E-state index in [0.29, 0.717) is 11.2 Å². The summed E-state index contributed by atoms with van der Waals surface area (Å²) in [4.78, 5) is 12.0. The van der Waals surface area contributed by atoms with Crippen molar-refractivity contribution >= 4 is 22.9 Å². The Balaban J connectivity index is 1.99. The van der Waals surface area contributed by atoms with Crippen LogP contribution in [0.3, 0.4) is 0 Å². The molecule has 2 heterocycles. The molecule has 0 aliphatic carbocycles. The van der Waals surface area contributed by atoms with Crippen LogP contribution in [0.25, 0.3) is 5.52 Å². The minimum Gasteiger partial charge on any atom is -0.338 e. The van der Waals surface area contributed by atoms with Crippen LogP contribution in [0.1, 0.15) is 15.9 Å². The van der Waals surface area contributed by atoms with Gasteiger partial charge in [0.15, 0.2) is 5.82 Å². The quantitative estimate of drug-likeness (QED) is 0.390.